The fraction of sp³-hybridized carbons (Fsp3) is 0.647. The summed E-state index contributed by atoms with van der Waals surface area (Å²) >= 11 is 0. The highest BCUT2D eigenvalue weighted by molar-refractivity contribution is 5.22. The van der Waals surface area contributed by atoms with E-state index >= 15 is 0 Å². The van der Waals surface area contributed by atoms with Crippen molar-refractivity contribution in [3.8, 4) is 0 Å². The first-order valence-corrected chi connectivity index (χ1v) is 7.39. The summed E-state index contributed by atoms with van der Waals surface area (Å²) in [6.07, 6.45) is 0.271. The molecule has 0 fully saturated rings. The van der Waals surface area contributed by atoms with Crippen LogP contribution in [-0.4, -0.2) is 24.9 Å². The SMILES string of the molecule is CC(C)OCCOCc1ccc(CNC(C)(C)C)cc1. The van der Waals surface area contributed by atoms with Gasteiger partial charge >= 0.3 is 0 Å². The Morgan fingerprint density at radius 3 is 2.15 bits per heavy atom. The van der Waals surface area contributed by atoms with Crippen molar-refractivity contribution in [1.29, 1.82) is 0 Å². The molecule has 0 heterocycles. The second kappa shape index (κ2) is 8.40. The standard InChI is InChI=1S/C17H29NO2/c1-14(2)20-11-10-19-13-16-8-6-15(7-9-16)12-18-17(3,4)5/h6-9,14,18H,10-13H2,1-5H3. The molecule has 0 aliphatic carbocycles. The van der Waals surface area contributed by atoms with Gasteiger partial charge in [-0.05, 0) is 45.7 Å². The predicted molar refractivity (Wildman–Crippen MR) is 83.8 cm³/mol. The fourth-order valence-electron chi connectivity index (χ4n) is 1.65. The number of ether oxygens (including phenoxy) is 2. The third kappa shape index (κ3) is 8.31. The van der Waals surface area contributed by atoms with Crippen molar-refractivity contribution in [2.24, 2.45) is 0 Å². The smallest absolute Gasteiger partial charge is 0.0718 e. The third-order valence-corrected chi connectivity index (χ3v) is 2.79. The van der Waals surface area contributed by atoms with Gasteiger partial charge in [0.2, 0.25) is 0 Å². The molecule has 0 aliphatic heterocycles. The zero-order chi connectivity index (χ0) is 15.0. The molecule has 0 aromatic heterocycles. The van der Waals surface area contributed by atoms with Gasteiger partial charge in [0.15, 0.2) is 0 Å². The van der Waals surface area contributed by atoms with Crippen molar-refractivity contribution < 1.29 is 9.47 Å². The lowest BCUT2D eigenvalue weighted by atomic mass is 10.1. The van der Waals surface area contributed by atoms with Crippen LogP contribution < -0.4 is 5.32 Å². The molecule has 1 rings (SSSR count). The molecule has 0 unspecified atom stereocenters. The van der Waals surface area contributed by atoms with Gasteiger partial charge in [-0.1, -0.05) is 24.3 Å². The summed E-state index contributed by atoms with van der Waals surface area (Å²) in [5.41, 5.74) is 2.65. The first-order valence-electron chi connectivity index (χ1n) is 7.39. The van der Waals surface area contributed by atoms with Gasteiger partial charge in [0.05, 0.1) is 25.9 Å². The monoisotopic (exact) mass is 279 g/mol. The summed E-state index contributed by atoms with van der Waals surface area (Å²) in [7, 11) is 0. The molecule has 1 aromatic rings. The lowest BCUT2D eigenvalue weighted by Crippen LogP contribution is -2.35. The van der Waals surface area contributed by atoms with Crippen molar-refractivity contribution in [2.75, 3.05) is 13.2 Å². The highest BCUT2D eigenvalue weighted by atomic mass is 16.5. The largest absolute Gasteiger partial charge is 0.376 e. The number of benzene rings is 1. The van der Waals surface area contributed by atoms with Gasteiger partial charge in [-0.3, -0.25) is 0 Å². The van der Waals surface area contributed by atoms with Crippen LogP contribution in [0.5, 0.6) is 0 Å². The maximum atomic E-state index is 5.58. The van der Waals surface area contributed by atoms with E-state index in [2.05, 4.69) is 50.4 Å². The third-order valence-electron chi connectivity index (χ3n) is 2.79. The molecule has 0 saturated heterocycles. The zero-order valence-electron chi connectivity index (χ0n) is 13.5. The topological polar surface area (TPSA) is 30.5 Å². The van der Waals surface area contributed by atoms with Gasteiger partial charge < -0.3 is 14.8 Å². The van der Waals surface area contributed by atoms with Crippen LogP contribution in [0.25, 0.3) is 0 Å². The predicted octanol–water partition coefficient (Wildman–Crippen LogP) is 3.52. The number of hydrogen-bond acceptors (Lipinski definition) is 3. The molecule has 3 heteroatoms. The summed E-state index contributed by atoms with van der Waals surface area (Å²) in [6, 6.07) is 8.57. The number of hydrogen-bond donors (Lipinski definition) is 1. The van der Waals surface area contributed by atoms with Gasteiger partial charge in [0.25, 0.3) is 0 Å². The Hall–Kier alpha value is -0.900. The molecular formula is C17H29NO2. The van der Waals surface area contributed by atoms with E-state index in [1.807, 2.05) is 13.8 Å². The molecule has 3 nitrogen and oxygen atoms in total. The number of nitrogens with one attached hydrogen (secondary N) is 1. The second-order valence-corrected chi connectivity index (χ2v) is 6.39. The molecule has 0 aliphatic rings. The molecule has 1 N–H and O–H groups in total. The van der Waals surface area contributed by atoms with Crippen molar-refractivity contribution in [2.45, 2.75) is 59.4 Å². The minimum atomic E-state index is 0.151. The van der Waals surface area contributed by atoms with Gasteiger partial charge in [-0.2, -0.15) is 0 Å². The van der Waals surface area contributed by atoms with Gasteiger partial charge in [-0.15, -0.1) is 0 Å². The van der Waals surface area contributed by atoms with E-state index in [4.69, 9.17) is 9.47 Å². The van der Waals surface area contributed by atoms with Crippen LogP contribution in [0.4, 0.5) is 0 Å². The maximum Gasteiger partial charge on any atom is 0.0718 e. The lowest BCUT2D eigenvalue weighted by molar-refractivity contribution is 0.0143. The van der Waals surface area contributed by atoms with Gasteiger partial charge in [0, 0.05) is 12.1 Å². The summed E-state index contributed by atoms with van der Waals surface area (Å²) in [5.74, 6) is 0. The van der Waals surface area contributed by atoms with Crippen LogP contribution in [-0.2, 0) is 22.6 Å². The second-order valence-electron chi connectivity index (χ2n) is 6.39. The van der Waals surface area contributed by atoms with E-state index in [0.717, 1.165) is 6.54 Å². The van der Waals surface area contributed by atoms with E-state index in [9.17, 15) is 0 Å². The number of rotatable bonds is 8. The van der Waals surface area contributed by atoms with E-state index in [0.29, 0.717) is 19.8 Å². The average Bonchev–Trinajstić information content (AvgIpc) is 2.36. The van der Waals surface area contributed by atoms with E-state index in [1.165, 1.54) is 11.1 Å². The summed E-state index contributed by atoms with van der Waals surface area (Å²) in [4.78, 5) is 0. The highest BCUT2D eigenvalue weighted by Crippen LogP contribution is 2.08. The minimum absolute atomic E-state index is 0.151. The Balaban J connectivity index is 2.25. The molecule has 114 valence electrons. The van der Waals surface area contributed by atoms with Crippen molar-refractivity contribution in [1.82, 2.24) is 5.32 Å². The molecule has 1 aromatic carbocycles. The maximum absolute atomic E-state index is 5.58. The van der Waals surface area contributed by atoms with Crippen LogP contribution in [0.1, 0.15) is 45.7 Å². The van der Waals surface area contributed by atoms with E-state index in [-0.39, 0.29) is 11.6 Å². The zero-order valence-corrected chi connectivity index (χ0v) is 13.5. The summed E-state index contributed by atoms with van der Waals surface area (Å²) in [6.45, 7) is 13.4. The van der Waals surface area contributed by atoms with Crippen molar-refractivity contribution in [3.05, 3.63) is 35.4 Å². The normalized spacial score (nSPS) is 12.1. The lowest BCUT2D eigenvalue weighted by Gasteiger charge is -2.20. The van der Waals surface area contributed by atoms with Gasteiger partial charge in [0.1, 0.15) is 0 Å². The summed E-state index contributed by atoms with van der Waals surface area (Å²) in [5, 5.41) is 3.48. The van der Waals surface area contributed by atoms with Crippen LogP contribution in [0, 0.1) is 0 Å². The Morgan fingerprint density at radius 2 is 1.60 bits per heavy atom. The minimum Gasteiger partial charge on any atom is -0.376 e. The molecule has 0 amide bonds. The molecular weight excluding hydrogens is 250 g/mol. The molecule has 0 spiro atoms. The Labute approximate surface area is 123 Å². The molecule has 0 atom stereocenters. The molecule has 0 saturated carbocycles. The van der Waals surface area contributed by atoms with Crippen LogP contribution in [0.3, 0.4) is 0 Å². The Morgan fingerprint density at radius 1 is 1.00 bits per heavy atom. The molecule has 0 radical (unpaired) electrons. The van der Waals surface area contributed by atoms with Crippen LogP contribution in [0.15, 0.2) is 24.3 Å². The first-order chi connectivity index (χ1) is 9.37. The Bertz CT molecular complexity index is 366. The van der Waals surface area contributed by atoms with E-state index in [1.54, 1.807) is 0 Å². The van der Waals surface area contributed by atoms with Crippen LogP contribution >= 0.6 is 0 Å². The fourth-order valence-corrected chi connectivity index (χ4v) is 1.65. The van der Waals surface area contributed by atoms with E-state index < -0.39 is 0 Å². The molecule has 0 bridgehead atoms. The van der Waals surface area contributed by atoms with Crippen molar-refractivity contribution in [3.63, 3.8) is 0 Å². The Kier molecular flexibility index (Phi) is 7.20. The average molecular weight is 279 g/mol. The highest BCUT2D eigenvalue weighted by Gasteiger charge is 2.07. The van der Waals surface area contributed by atoms with Crippen molar-refractivity contribution >= 4 is 0 Å². The first kappa shape index (κ1) is 17.2. The van der Waals surface area contributed by atoms with Crippen LogP contribution in [0.2, 0.25) is 0 Å². The van der Waals surface area contributed by atoms with Gasteiger partial charge in [-0.25, -0.2) is 0 Å². The molecule has 20 heavy (non-hydrogen) atoms. The summed E-state index contributed by atoms with van der Waals surface area (Å²) < 4.78 is 11.0. The quantitative estimate of drug-likeness (QED) is 0.739.